The highest BCUT2D eigenvalue weighted by Crippen LogP contribution is 2.35. The van der Waals surface area contributed by atoms with Gasteiger partial charge in [0.15, 0.2) is 6.26 Å². The predicted molar refractivity (Wildman–Crippen MR) is 65.5 cm³/mol. The summed E-state index contributed by atoms with van der Waals surface area (Å²) in [5.74, 6) is -0.353. The Morgan fingerprint density at radius 2 is 1.94 bits per heavy atom. The van der Waals surface area contributed by atoms with Crippen LogP contribution >= 0.6 is 11.6 Å². The second-order valence-electron chi connectivity index (χ2n) is 3.68. The van der Waals surface area contributed by atoms with E-state index >= 15 is 0 Å². The summed E-state index contributed by atoms with van der Waals surface area (Å²) in [5, 5.41) is 1.30. The van der Waals surface area contributed by atoms with Crippen LogP contribution in [0.3, 0.4) is 0 Å². The van der Waals surface area contributed by atoms with Crippen LogP contribution in [0.15, 0.2) is 46.9 Å². The Morgan fingerprint density at radius 1 is 1.12 bits per heavy atom. The van der Waals surface area contributed by atoms with E-state index in [0.29, 0.717) is 21.7 Å². The summed E-state index contributed by atoms with van der Waals surface area (Å²) in [6.07, 6.45) is 2.61. The van der Waals surface area contributed by atoms with Crippen molar-refractivity contribution in [2.75, 3.05) is 0 Å². The van der Waals surface area contributed by atoms with E-state index < -0.39 is 0 Å². The van der Waals surface area contributed by atoms with Gasteiger partial charge in [-0.3, -0.25) is 0 Å². The van der Waals surface area contributed by atoms with Crippen LogP contribution in [-0.4, -0.2) is 0 Å². The molecule has 0 aliphatic carbocycles. The third kappa shape index (κ3) is 1.61. The Labute approximate surface area is 102 Å². The number of furan rings is 1. The van der Waals surface area contributed by atoms with Crippen LogP contribution in [0.5, 0.6) is 0 Å². The first-order chi connectivity index (χ1) is 8.27. The summed E-state index contributed by atoms with van der Waals surface area (Å²) in [4.78, 5) is 0. The van der Waals surface area contributed by atoms with Gasteiger partial charge in [-0.25, -0.2) is 4.39 Å². The fraction of sp³-hybridized carbons (Fsp3) is 0. The molecule has 3 aromatic rings. The van der Waals surface area contributed by atoms with E-state index in [2.05, 4.69) is 6.26 Å². The van der Waals surface area contributed by atoms with Crippen molar-refractivity contribution in [2.45, 2.75) is 0 Å². The lowest BCUT2D eigenvalue weighted by molar-refractivity contribution is 0.595. The zero-order valence-corrected chi connectivity index (χ0v) is 9.46. The van der Waals surface area contributed by atoms with Crippen molar-refractivity contribution in [3.05, 3.63) is 59.6 Å². The van der Waals surface area contributed by atoms with E-state index in [4.69, 9.17) is 16.0 Å². The predicted octanol–water partition coefficient (Wildman–Crippen LogP) is 4.69. The van der Waals surface area contributed by atoms with Crippen LogP contribution < -0.4 is 0 Å². The minimum atomic E-state index is -0.353. The summed E-state index contributed by atoms with van der Waals surface area (Å²) >= 11 is 6.08. The first-order valence-electron chi connectivity index (χ1n) is 5.10. The normalized spacial score (nSPS) is 10.9. The average Bonchev–Trinajstić information content (AvgIpc) is 2.79. The Kier molecular flexibility index (Phi) is 2.37. The smallest absolute Gasteiger partial charge is 0.170 e. The molecule has 3 heteroatoms. The molecule has 0 fully saturated rings. The van der Waals surface area contributed by atoms with Gasteiger partial charge >= 0.3 is 0 Å². The molecule has 0 aliphatic heterocycles. The van der Waals surface area contributed by atoms with Gasteiger partial charge in [0.2, 0.25) is 0 Å². The molecule has 0 amide bonds. The molecule has 1 heterocycles. The molecule has 0 saturated carbocycles. The van der Waals surface area contributed by atoms with Crippen LogP contribution in [0.2, 0.25) is 5.02 Å². The number of halogens is 2. The highest BCUT2D eigenvalue weighted by molar-refractivity contribution is 6.33. The van der Waals surface area contributed by atoms with Crippen molar-refractivity contribution in [3.63, 3.8) is 0 Å². The topological polar surface area (TPSA) is 13.1 Å². The van der Waals surface area contributed by atoms with Gasteiger partial charge in [0.1, 0.15) is 11.4 Å². The molecule has 83 valence electrons. The lowest BCUT2D eigenvalue weighted by Gasteiger charge is -2.06. The van der Waals surface area contributed by atoms with E-state index in [1.807, 2.05) is 6.07 Å². The number of rotatable bonds is 1. The van der Waals surface area contributed by atoms with Gasteiger partial charge < -0.3 is 4.42 Å². The summed E-state index contributed by atoms with van der Waals surface area (Å²) in [6.45, 7) is 0. The van der Waals surface area contributed by atoms with Crippen molar-refractivity contribution < 1.29 is 8.81 Å². The quantitative estimate of drug-likeness (QED) is 0.606. The minimum absolute atomic E-state index is 0.353. The molecule has 0 atom stereocenters. The van der Waals surface area contributed by atoms with Gasteiger partial charge in [-0.1, -0.05) is 29.8 Å². The van der Waals surface area contributed by atoms with Gasteiger partial charge in [0.05, 0.1) is 5.56 Å². The van der Waals surface area contributed by atoms with Crippen LogP contribution in [-0.2, 0) is 0 Å². The fourth-order valence-electron chi connectivity index (χ4n) is 1.87. The maximum atomic E-state index is 13.9. The lowest BCUT2D eigenvalue weighted by Crippen LogP contribution is -1.86. The molecular weight excluding hydrogens is 239 g/mol. The molecule has 0 aliphatic rings. The molecule has 0 bridgehead atoms. The van der Waals surface area contributed by atoms with E-state index in [9.17, 15) is 4.39 Å². The molecule has 1 nitrogen and oxygen atoms in total. The van der Waals surface area contributed by atoms with Crippen LogP contribution in [0.25, 0.3) is 22.1 Å². The zero-order valence-electron chi connectivity index (χ0n) is 8.71. The Morgan fingerprint density at radius 3 is 2.76 bits per heavy atom. The number of benzene rings is 2. The molecule has 1 aromatic heterocycles. The Balaban J connectivity index is 2.40. The van der Waals surface area contributed by atoms with Crippen molar-refractivity contribution in [1.29, 1.82) is 0 Å². The zero-order chi connectivity index (χ0) is 11.8. The van der Waals surface area contributed by atoms with E-state index in [1.54, 1.807) is 30.3 Å². The van der Waals surface area contributed by atoms with Crippen LogP contribution in [0.4, 0.5) is 4.39 Å². The van der Waals surface area contributed by atoms with Gasteiger partial charge in [0.25, 0.3) is 0 Å². The fourth-order valence-corrected chi connectivity index (χ4v) is 2.10. The maximum absolute atomic E-state index is 13.9. The number of fused-ring (bicyclic) bond motifs is 1. The summed E-state index contributed by atoms with van der Waals surface area (Å²) in [6, 6.07) is 11.8. The largest absolute Gasteiger partial charge is 0.452 e. The van der Waals surface area contributed by atoms with Crippen LogP contribution in [0.1, 0.15) is 0 Å². The molecular formula is C14H7ClFO. The van der Waals surface area contributed by atoms with E-state index in [-0.39, 0.29) is 5.82 Å². The van der Waals surface area contributed by atoms with Crippen molar-refractivity contribution >= 4 is 22.6 Å². The summed E-state index contributed by atoms with van der Waals surface area (Å²) < 4.78 is 19.1. The van der Waals surface area contributed by atoms with Gasteiger partial charge in [-0.15, -0.1) is 0 Å². The first kappa shape index (κ1) is 10.4. The molecule has 3 rings (SSSR count). The van der Waals surface area contributed by atoms with Crippen molar-refractivity contribution in [2.24, 2.45) is 0 Å². The Bertz CT molecular complexity index is 688. The minimum Gasteiger partial charge on any atom is -0.452 e. The number of hydrogen-bond donors (Lipinski definition) is 0. The molecule has 0 saturated heterocycles. The number of hydrogen-bond acceptors (Lipinski definition) is 1. The third-order valence-corrected chi connectivity index (χ3v) is 2.99. The average molecular weight is 246 g/mol. The molecule has 0 N–H and O–H groups in total. The molecule has 0 spiro atoms. The standard InChI is InChI=1S/C14H7ClFO/c15-11-4-2-1-3-10(11)13-12(16)6-5-9-7-8-17-14(9)13/h1-7H. The summed E-state index contributed by atoms with van der Waals surface area (Å²) in [7, 11) is 0. The SMILES string of the molecule is Fc1ccc2c[c]oc2c1-c1ccccc1Cl. The van der Waals surface area contributed by atoms with E-state index in [1.165, 1.54) is 6.07 Å². The van der Waals surface area contributed by atoms with Crippen molar-refractivity contribution in [1.82, 2.24) is 0 Å². The second-order valence-corrected chi connectivity index (χ2v) is 4.09. The maximum Gasteiger partial charge on any atom is 0.170 e. The molecule has 0 unspecified atom stereocenters. The highest BCUT2D eigenvalue weighted by Gasteiger charge is 2.14. The third-order valence-electron chi connectivity index (χ3n) is 2.66. The van der Waals surface area contributed by atoms with Crippen molar-refractivity contribution in [3.8, 4) is 11.1 Å². The van der Waals surface area contributed by atoms with Gasteiger partial charge in [0, 0.05) is 16.0 Å². The lowest BCUT2D eigenvalue weighted by atomic mass is 10.0. The van der Waals surface area contributed by atoms with Gasteiger partial charge in [-0.2, -0.15) is 0 Å². The highest BCUT2D eigenvalue weighted by atomic mass is 35.5. The van der Waals surface area contributed by atoms with Gasteiger partial charge in [-0.05, 0) is 24.3 Å². The van der Waals surface area contributed by atoms with Crippen LogP contribution in [0, 0.1) is 12.1 Å². The van der Waals surface area contributed by atoms with E-state index in [0.717, 1.165) is 5.39 Å². The first-order valence-corrected chi connectivity index (χ1v) is 5.48. The molecule has 1 radical (unpaired) electrons. The Hall–Kier alpha value is -1.80. The monoisotopic (exact) mass is 245 g/mol. The molecule has 2 aromatic carbocycles. The molecule has 17 heavy (non-hydrogen) atoms. The second kappa shape index (κ2) is 3.90. The summed E-state index contributed by atoms with van der Waals surface area (Å²) in [5.41, 5.74) is 1.48.